The Balaban J connectivity index is 1.71. The molecule has 0 bridgehead atoms. The Morgan fingerprint density at radius 1 is 1.00 bits per heavy atom. The molecule has 6 nitrogen and oxygen atoms in total. The van der Waals surface area contributed by atoms with Gasteiger partial charge >= 0.3 is 11.8 Å². The van der Waals surface area contributed by atoms with Crippen molar-refractivity contribution in [2.45, 2.75) is 13.8 Å². The third-order valence-corrected chi connectivity index (χ3v) is 5.38. The molecular formula is C21H17Cl3N4O2. The predicted molar refractivity (Wildman–Crippen MR) is 121 cm³/mol. The molecular weight excluding hydrogens is 447 g/mol. The van der Waals surface area contributed by atoms with Crippen LogP contribution in [0.3, 0.4) is 0 Å². The van der Waals surface area contributed by atoms with Crippen LogP contribution in [0.25, 0.3) is 5.69 Å². The quantitative estimate of drug-likeness (QED) is 0.319. The van der Waals surface area contributed by atoms with Gasteiger partial charge < -0.3 is 9.88 Å². The van der Waals surface area contributed by atoms with Crippen molar-refractivity contribution in [3.63, 3.8) is 0 Å². The van der Waals surface area contributed by atoms with Gasteiger partial charge in [-0.05, 0) is 56.3 Å². The summed E-state index contributed by atoms with van der Waals surface area (Å²) < 4.78 is 1.94. The van der Waals surface area contributed by atoms with Gasteiger partial charge in [0.15, 0.2) is 0 Å². The molecule has 0 spiro atoms. The van der Waals surface area contributed by atoms with Crippen molar-refractivity contribution in [1.82, 2.24) is 9.99 Å². The van der Waals surface area contributed by atoms with Crippen LogP contribution < -0.4 is 10.7 Å². The highest BCUT2D eigenvalue weighted by Gasteiger charge is 2.15. The summed E-state index contributed by atoms with van der Waals surface area (Å²) in [6.45, 7) is 3.81. The summed E-state index contributed by atoms with van der Waals surface area (Å²) in [4.78, 5) is 23.9. The fraction of sp³-hybridized carbons (Fsp3) is 0.0952. The molecule has 0 radical (unpaired) electrons. The van der Waals surface area contributed by atoms with E-state index in [1.165, 1.54) is 6.21 Å². The van der Waals surface area contributed by atoms with Gasteiger partial charge in [-0.25, -0.2) is 5.43 Å². The second-order valence-corrected chi connectivity index (χ2v) is 7.62. The van der Waals surface area contributed by atoms with E-state index >= 15 is 0 Å². The molecule has 3 aromatic rings. The summed E-state index contributed by atoms with van der Waals surface area (Å²) >= 11 is 18.3. The van der Waals surface area contributed by atoms with E-state index in [0.29, 0.717) is 20.8 Å². The van der Waals surface area contributed by atoms with Gasteiger partial charge in [-0.3, -0.25) is 9.59 Å². The topological polar surface area (TPSA) is 75.5 Å². The summed E-state index contributed by atoms with van der Waals surface area (Å²) in [5, 5.41) is 7.77. The first-order valence-electron chi connectivity index (χ1n) is 8.81. The van der Waals surface area contributed by atoms with E-state index in [4.69, 9.17) is 34.8 Å². The van der Waals surface area contributed by atoms with E-state index in [1.54, 1.807) is 30.3 Å². The second-order valence-electron chi connectivity index (χ2n) is 6.39. The number of hydrogen-bond acceptors (Lipinski definition) is 3. The zero-order chi connectivity index (χ0) is 21.8. The SMILES string of the molecule is Cc1cc(/C=N\NC(=O)C(=O)Nc2ccc(Cl)cc2)c(C)n1-c1cccc(Cl)c1Cl. The molecule has 9 heteroatoms. The Morgan fingerprint density at radius 3 is 2.40 bits per heavy atom. The second kappa shape index (κ2) is 9.34. The van der Waals surface area contributed by atoms with Gasteiger partial charge in [0.05, 0.1) is 21.9 Å². The lowest BCUT2D eigenvalue weighted by molar-refractivity contribution is -0.136. The minimum Gasteiger partial charge on any atom is -0.318 e. The first kappa shape index (κ1) is 21.9. The van der Waals surface area contributed by atoms with Gasteiger partial charge in [0, 0.05) is 27.7 Å². The third kappa shape index (κ3) is 4.84. The summed E-state index contributed by atoms with van der Waals surface area (Å²) in [5.41, 5.74) is 5.91. The van der Waals surface area contributed by atoms with Crippen molar-refractivity contribution in [3.05, 3.63) is 80.6 Å². The monoisotopic (exact) mass is 462 g/mol. The van der Waals surface area contributed by atoms with Gasteiger partial charge in [0.2, 0.25) is 0 Å². The van der Waals surface area contributed by atoms with Gasteiger partial charge in [-0.1, -0.05) is 40.9 Å². The molecule has 0 unspecified atom stereocenters. The number of nitrogens with one attached hydrogen (secondary N) is 2. The molecule has 1 heterocycles. The van der Waals surface area contributed by atoms with E-state index < -0.39 is 11.8 Å². The van der Waals surface area contributed by atoms with Crippen molar-refractivity contribution in [2.24, 2.45) is 5.10 Å². The lowest BCUT2D eigenvalue weighted by Crippen LogP contribution is -2.32. The molecule has 2 aromatic carbocycles. The number of hydrazone groups is 1. The fourth-order valence-corrected chi connectivity index (χ4v) is 3.39. The van der Waals surface area contributed by atoms with E-state index in [2.05, 4.69) is 15.8 Å². The van der Waals surface area contributed by atoms with E-state index in [-0.39, 0.29) is 0 Å². The molecule has 0 atom stereocenters. The minimum absolute atomic E-state index is 0.441. The lowest BCUT2D eigenvalue weighted by atomic mass is 10.2. The molecule has 2 amide bonds. The smallest absolute Gasteiger partial charge is 0.318 e. The molecule has 1 aromatic heterocycles. The average Bonchev–Trinajstić information content (AvgIpc) is 2.99. The number of carbonyl (C=O) groups is 2. The molecule has 154 valence electrons. The van der Waals surface area contributed by atoms with Gasteiger partial charge in [-0.15, -0.1) is 0 Å². The van der Waals surface area contributed by atoms with E-state index in [1.807, 2.05) is 36.6 Å². The zero-order valence-corrected chi connectivity index (χ0v) is 18.3. The predicted octanol–water partition coefficient (Wildman–Crippen LogP) is 5.14. The minimum atomic E-state index is -0.895. The third-order valence-electron chi connectivity index (χ3n) is 4.32. The van der Waals surface area contributed by atoms with Crippen LogP contribution >= 0.6 is 34.8 Å². The number of amides is 2. The number of carbonyl (C=O) groups excluding carboxylic acids is 2. The van der Waals surface area contributed by atoms with Crippen LogP contribution in [0, 0.1) is 13.8 Å². The van der Waals surface area contributed by atoms with Crippen LogP contribution in [0.15, 0.2) is 53.6 Å². The molecule has 0 saturated carbocycles. The molecule has 3 rings (SSSR count). The Hall–Kier alpha value is -2.80. The number of hydrogen-bond donors (Lipinski definition) is 2. The highest BCUT2D eigenvalue weighted by molar-refractivity contribution is 6.43. The van der Waals surface area contributed by atoms with Crippen LogP contribution in [0.1, 0.15) is 17.0 Å². The maximum atomic E-state index is 12.0. The Bertz CT molecular complexity index is 1140. The Morgan fingerprint density at radius 2 is 1.70 bits per heavy atom. The average molecular weight is 464 g/mol. The highest BCUT2D eigenvalue weighted by Crippen LogP contribution is 2.31. The number of rotatable bonds is 4. The van der Waals surface area contributed by atoms with Crippen LogP contribution in [0.5, 0.6) is 0 Å². The molecule has 0 saturated heterocycles. The largest absolute Gasteiger partial charge is 0.329 e. The highest BCUT2D eigenvalue weighted by atomic mass is 35.5. The summed E-state index contributed by atoms with van der Waals surface area (Å²) in [5.74, 6) is -1.74. The van der Waals surface area contributed by atoms with Gasteiger partial charge in [-0.2, -0.15) is 5.10 Å². The Kier molecular flexibility index (Phi) is 6.82. The van der Waals surface area contributed by atoms with Crippen molar-refractivity contribution in [1.29, 1.82) is 0 Å². The zero-order valence-electron chi connectivity index (χ0n) is 16.0. The molecule has 30 heavy (non-hydrogen) atoms. The molecule has 0 aliphatic carbocycles. The summed E-state index contributed by atoms with van der Waals surface area (Å²) in [7, 11) is 0. The molecule has 0 aliphatic rings. The van der Waals surface area contributed by atoms with Crippen molar-refractivity contribution in [3.8, 4) is 5.69 Å². The number of aryl methyl sites for hydroxylation is 1. The number of anilines is 1. The maximum absolute atomic E-state index is 12.0. The van der Waals surface area contributed by atoms with Crippen LogP contribution in [0.4, 0.5) is 5.69 Å². The first-order chi connectivity index (χ1) is 14.3. The van der Waals surface area contributed by atoms with Crippen molar-refractivity contribution in [2.75, 3.05) is 5.32 Å². The van der Waals surface area contributed by atoms with Gasteiger partial charge in [0.25, 0.3) is 0 Å². The van der Waals surface area contributed by atoms with E-state index in [0.717, 1.165) is 22.6 Å². The van der Waals surface area contributed by atoms with E-state index in [9.17, 15) is 9.59 Å². The fourth-order valence-electron chi connectivity index (χ4n) is 2.89. The molecule has 0 fully saturated rings. The van der Waals surface area contributed by atoms with Crippen molar-refractivity contribution >= 4 is 58.5 Å². The molecule has 2 N–H and O–H groups in total. The van der Waals surface area contributed by atoms with Crippen LogP contribution in [-0.4, -0.2) is 22.6 Å². The number of halogens is 3. The standard InChI is InChI=1S/C21H17Cl3N4O2/c1-12-10-14(13(2)28(12)18-5-3-4-17(23)19(18)24)11-25-27-21(30)20(29)26-16-8-6-15(22)7-9-16/h3-11H,1-2H3,(H,26,29)(H,27,30)/b25-11-. The summed E-state index contributed by atoms with van der Waals surface area (Å²) in [6, 6.07) is 13.7. The molecule has 0 aliphatic heterocycles. The normalized spacial score (nSPS) is 11.0. The first-order valence-corrected chi connectivity index (χ1v) is 9.94. The lowest BCUT2D eigenvalue weighted by Gasteiger charge is -2.12. The Labute approximate surface area is 188 Å². The number of aromatic nitrogens is 1. The van der Waals surface area contributed by atoms with Crippen LogP contribution in [-0.2, 0) is 9.59 Å². The van der Waals surface area contributed by atoms with Crippen molar-refractivity contribution < 1.29 is 9.59 Å². The number of benzene rings is 2. The van der Waals surface area contributed by atoms with Gasteiger partial charge in [0.1, 0.15) is 0 Å². The number of nitrogens with zero attached hydrogens (tertiary/aromatic N) is 2. The maximum Gasteiger partial charge on any atom is 0.329 e. The van der Waals surface area contributed by atoms with Crippen LogP contribution in [0.2, 0.25) is 15.1 Å². The summed E-state index contributed by atoms with van der Waals surface area (Å²) in [6.07, 6.45) is 1.46.